The van der Waals surface area contributed by atoms with Crippen LogP contribution in [0.15, 0.2) is 40.0 Å². The normalized spacial score (nSPS) is 15.9. The second-order valence-electron chi connectivity index (χ2n) is 5.63. The Balaban J connectivity index is 0.00000208. The van der Waals surface area contributed by atoms with Gasteiger partial charge in [0.15, 0.2) is 5.96 Å². The lowest BCUT2D eigenvalue weighted by Gasteiger charge is -2.33. The maximum absolute atomic E-state index is 4.71. The van der Waals surface area contributed by atoms with Crippen LogP contribution in [0.25, 0.3) is 0 Å². The van der Waals surface area contributed by atoms with Gasteiger partial charge in [0.05, 0.1) is 11.5 Å². The van der Waals surface area contributed by atoms with E-state index in [4.69, 9.17) is 4.99 Å². The molecule has 0 aromatic carbocycles. The second-order valence-corrected chi connectivity index (χ2v) is 7.59. The fraction of sp³-hybridized carbons (Fsp3) is 0.471. The minimum absolute atomic E-state index is 0. The third-order valence-corrected chi connectivity index (χ3v) is 5.76. The van der Waals surface area contributed by atoms with Crippen molar-refractivity contribution >= 4 is 57.6 Å². The van der Waals surface area contributed by atoms with E-state index < -0.39 is 0 Å². The highest BCUT2D eigenvalue weighted by Crippen LogP contribution is 2.24. The van der Waals surface area contributed by atoms with E-state index in [0.717, 1.165) is 45.0 Å². The van der Waals surface area contributed by atoms with Gasteiger partial charge >= 0.3 is 0 Å². The number of guanidine groups is 1. The van der Waals surface area contributed by atoms with Gasteiger partial charge in [0.2, 0.25) is 0 Å². The Hall–Kier alpha value is -0.800. The zero-order chi connectivity index (χ0) is 15.9. The van der Waals surface area contributed by atoms with Gasteiger partial charge in [-0.2, -0.15) is 0 Å². The highest BCUT2D eigenvalue weighted by atomic mass is 127. The van der Waals surface area contributed by atoms with E-state index in [1.807, 2.05) is 11.3 Å². The van der Waals surface area contributed by atoms with E-state index >= 15 is 0 Å². The van der Waals surface area contributed by atoms with Crippen LogP contribution in [0.2, 0.25) is 0 Å². The van der Waals surface area contributed by atoms with Crippen molar-refractivity contribution in [2.45, 2.75) is 32.4 Å². The highest BCUT2D eigenvalue weighted by Gasteiger charge is 2.20. The Morgan fingerprint density at radius 2 is 1.96 bits per heavy atom. The molecule has 2 N–H and O–H groups in total. The Bertz CT molecular complexity index is 590. The Morgan fingerprint density at radius 1 is 1.21 bits per heavy atom. The van der Waals surface area contributed by atoms with Gasteiger partial charge in [-0.3, -0.25) is 0 Å². The molecule has 0 amide bonds. The largest absolute Gasteiger partial charge is 0.363 e. The number of anilines is 1. The second kappa shape index (κ2) is 10.2. The summed E-state index contributed by atoms with van der Waals surface area (Å²) in [6, 6.07) is 9.07. The Morgan fingerprint density at radius 3 is 2.58 bits per heavy atom. The summed E-state index contributed by atoms with van der Waals surface area (Å²) < 4.78 is 0. The van der Waals surface area contributed by atoms with Crippen molar-refractivity contribution in [1.29, 1.82) is 0 Å². The first-order valence-corrected chi connectivity index (χ1v) is 9.96. The summed E-state index contributed by atoms with van der Waals surface area (Å²) in [6.45, 7) is 5.98. The minimum Gasteiger partial charge on any atom is -0.363 e. The van der Waals surface area contributed by atoms with E-state index in [2.05, 4.69) is 57.5 Å². The molecule has 1 saturated heterocycles. The van der Waals surface area contributed by atoms with Crippen molar-refractivity contribution in [2.24, 2.45) is 4.99 Å². The van der Waals surface area contributed by atoms with E-state index in [0.29, 0.717) is 6.04 Å². The molecule has 2 aromatic rings. The molecule has 2 aromatic heterocycles. The van der Waals surface area contributed by atoms with Gasteiger partial charge in [0, 0.05) is 30.6 Å². The van der Waals surface area contributed by atoms with E-state index in [-0.39, 0.29) is 24.0 Å². The van der Waals surface area contributed by atoms with Gasteiger partial charge in [-0.25, -0.2) is 4.99 Å². The summed E-state index contributed by atoms with van der Waals surface area (Å²) in [5, 5.41) is 12.6. The molecule has 3 rings (SSSR count). The van der Waals surface area contributed by atoms with Crippen molar-refractivity contribution in [2.75, 3.05) is 24.5 Å². The van der Waals surface area contributed by atoms with Gasteiger partial charge in [0.25, 0.3) is 0 Å². The molecule has 0 saturated carbocycles. The van der Waals surface area contributed by atoms with Crippen LogP contribution >= 0.6 is 46.7 Å². The third kappa shape index (κ3) is 5.63. The number of hydrogen-bond acceptors (Lipinski definition) is 4. The fourth-order valence-corrected chi connectivity index (χ4v) is 4.18. The lowest BCUT2D eigenvalue weighted by molar-refractivity contribution is 0.463. The van der Waals surface area contributed by atoms with Gasteiger partial charge in [-0.05, 0) is 48.7 Å². The summed E-state index contributed by atoms with van der Waals surface area (Å²) in [5.41, 5.74) is 0. The lowest BCUT2D eigenvalue weighted by atomic mass is 10.1. The van der Waals surface area contributed by atoms with Crippen molar-refractivity contribution in [3.8, 4) is 0 Å². The van der Waals surface area contributed by atoms with Crippen LogP contribution in [-0.2, 0) is 6.54 Å². The van der Waals surface area contributed by atoms with Crippen LogP contribution in [0, 0.1) is 0 Å². The predicted molar refractivity (Wildman–Crippen MR) is 117 cm³/mol. The number of nitrogens with one attached hydrogen (secondary N) is 2. The SMILES string of the molecule is CCNC(=NCc1cccs1)NC1CCN(c2cccs2)CC1.I. The van der Waals surface area contributed by atoms with Crippen LogP contribution in [0.5, 0.6) is 0 Å². The fourth-order valence-electron chi connectivity index (χ4n) is 2.77. The smallest absolute Gasteiger partial charge is 0.191 e. The first-order chi connectivity index (χ1) is 11.3. The number of aliphatic imine (C=N–C) groups is 1. The molecule has 0 unspecified atom stereocenters. The summed E-state index contributed by atoms with van der Waals surface area (Å²) in [6.07, 6.45) is 2.31. The summed E-state index contributed by atoms with van der Waals surface area (Å²) in [5.74, 6) is 0.940. The monoisotopic (exact) mass is 476 g/mol. The summed E-state index contributed by atoms with van der Waals surface area (Å²) in [4.78, 5) is 8.50. The minimum atomic E-state index is 0. The summed E-state index contributed by atoms with van der Waals surface area (Å²) in [7, 11) is 0. The molecular weight excluding hydrogens is 451 g/mol. The average molecular weight is 476 g/mol. The molecule has 1 fully saturated rings. The van der Waals surface area contributed by atoms with Crippen molar-refractivity contribution in [1.82, 2.24) is 10.6 Å². The molecule has 1 aliphatic rings. The van der Waals surface area contributed by atoms with Gasteiger partial charge in [-0.15, -0.1) is 46.7 Å². The molecule has 1 aliphatic heterocycles. The standard InChI is InChI=1S/C17H24N4S2.HI/c1-2-18-17(19-13-15-5-3-11-22-15)20-14-7-9-21(10-8-14)16-6-4-12-23-16;/h3-6,11-12,14H,2,7-10,13H2,1H3,(H2,18,19,20);1H. The molecule has 24 heavy (non-hydrogen) atoms. The molecule has 0 atom stereocenters. The number of hydrogen-bond donors (Lipinski definition) is 2. The van der Waals surface area contributed by atoms with E-state index in [1.165, 1.54) is 9.88 Å². The summed E-state index contributed by atoms with van der Waals surface area (Å²) >= 11 is 3.59. The molecule has 3 heterocycles. The van der Waals surface area contributed by atoms with Crippen LogP contribution in [-0.4, -0.2) is 31.6 Å². The topological polar surface area (TPSA) is 39.7 Å². The number of rotatable bonds is 5. The van der Waals surface area contributed by atoms with E-state index in [1.54, 1.807) is 11.3 Å². The molecule has 0 radical (unpaired) electrons. The van der Waals surface area contributed by atoms with Crippen molar-refractivity contribution in [3.05, 3.63) is 39.9 Å². The maximum atomic E-state index is 4.71. The number of halogens is 1. The maximum Gasteiger partial charge on any atom is 0.191 e. The number of piperidine rings is 1. The van der Waals surface area contributed by atoms with Crippen LogP contribution in [0.4, 0.5) is 5.00 Å². The van der Waals surface area contributed by atoms with Crippen molar-refractivity contribution < 1.29 is 0 Å². The zero-order valence-corrected chi connectivity index (χ0v) is 17.9. The molecular formula is C17H25IN4S2. The first-order valence-electron chi connectivity index (χ1n) is 8.21. The molecule has 7 heteroatoms. The molecule has 4 nitrogen and oxygen atoms in total. The van der Waals surface area contributed by atoms with Gasteiger partial charge in [0.1, 0.15) is 0 Å². The van der Waals surface area contributed by atoms with E-state index in [9.17, 15) is 0 Å². The number of nitrogens with zero attached hydrogens (tertiary/aromatic N) is 2. The predicted octanol–water partition coefficient (Wildman–Crippen LogP) is 4.15. The van der Waals surface area contributed by atoms with Gasteiger partial charge in [-0.1, -0.05) is 6.07 Å². The lowest BCUT2D eigenvalue weighted by Crippen LogP contribution is -2.48. The highest BCUT2D eigenvalue weighted by molar-refractivity contribution is 14.0. The Labute approximate surface area is 169 Å². The average Bonchev–Trinajstić information content (AvgIpc) is 3.27. The first kappa shape index (κ1) is 19.5. The quantitative estimate of drug-likeness (QED) is 0.387. The Kier molecular flexibility index (Phi) is 8.34. The number of thiophene rings is 2. The third-order valence-electron chi connectivity index (χ3n) is 3.97. The van der Waals surface area contributed by atoms with Crippen LogP contribution < -0.4 is 15.5 Å². The molecule has 0 spiro atoms. The van der Waals surface area contributed by atoms with Crippen LogP contribution in [0.3, 0.4) is 0 Å². The van der Waals surface area contributed by atoms with Gasteiger partial charge < -0.3 is 15.5 Å². The van der Waals surface area contributed by atoms with Crippen molar-refractivity contribution in [3.63, 3.8) is 0 Å². The zero-order valence-electron chi connectivity index (χ0n) is 13.9. The molecule has 0 bridgehead atoms. The molecule has 0 aliphatic carbocycles. The molecule has 132 valence electrons. The van der Waals surface area contributed by atoms with Crippen LogP contribution in [0.1, 0.15) is 24.6 Å².